The van der Waals surface area contributed by atoms with Gasteiger partial charge >= 0.3 is 11.8 Å². The first-order valence-corrected chi connectivity index (χ1v) is 3.57. The van der Waals surface area contributed by atoms with Gasteiger partial charge in [0.2, 0.25) is 6.29 Å². The summed E-state index contributed by atoms with van der Waals surface area (Å²) >= 11 is 0. The second-order valence-corrected chi connectivity index (χ2v) is 2.64. The Morgan fingerprint density at radius 3 is 1.71 bits per heavy atom. The first-order valence-electron chi connectivity index (χ1n) is 3.57. The van der Waals surface area contributed by atoms with E-state index in [-0.39, 0.29) is 13.2 Å². The Kier molecular flexibility index (Phi) is 2.96. The largest absolute Gasteiger partial charge is 0.433 e. The molecule has 1 rings (SSSR count). The van der Waals surface area contributed by atoms with E-state index in [9.17, 15) is 26.3 Å². The molecule has 1 aliphatic heterocycles. The molecule has 0 aromatic heterocycles. The van der Waals surface area contributed by atoms with Crippen LogP contribution in [0.1, 0.15) is 0 Å². The Morgan fingerprint density at radius 2 is 1.43 bits per heavy atom. The van der Waals surface area contributed by atoms with Crippen molar-refractivity contribution in [2.45, 2.75) is 24.6 Å². The first-order chi connectivity index (χ1) is 6.30. The van der Waals surface area contributed by atoms with E-state index in [1.54, 1.807) is 0 Å². The molecule has 0 aromatic rings. The minimum atomic E-state index is -5.73. The summed E-state index contributed by atoms with van der Waals surface area (Å²) in [6, 6.07) is 0. The molecule has 14 heavy (non-hydrogen) atoms. The van der Waals surface area contributed by atoms with Gasteiger partial charge in [0.25, 0.3) is 6.43 Å². The standard InChI is InChI=1S/C6H6F6O2/c7-3(8)5(9,6(10,11)12)4-13-1-2-14-4/h3-4H,1-2H2. The molecule has 1 atom stereocenters. The fourth-order valence-electron chi connectivity index (χ4n) is 0.961. The molecule has 1 heterocycles. The maximum atomic E-state index is 13.0. The second kappa shape index (κ2) is 3.58. The predicted octanol–water partition coefficient (Wildman–Crippen LogP) is 1.90. The minimum absolute atomic E-state index is 0.334. The lowest BCUT2D eigenvalue weighted by Crippen LogP contribution is -2.56. The van der Waals surface area contributed by atoms with Crippen LogP contribution in [0, 0.1) is 0 Å². The van der Waals surface area contributed by atoms with Crippen LogP contribution in [0.2, 0.25) is 0 Å². The van der Waals surface area contributed by atoms with Crippen molar-refractivity contribution in [2.24, 2.45) is 0 Å². The smallest absolute Gasteiger partial charge is 0.347 e. The minimum Gasteiger partial charge on any atom is -0.347 e. The molecule has 1 fully saturated rings. The van der Waals surface area contributed by atoms with Crippen molar-refractivity contribution >= 4 is 0 Å². The Labute approximate surface area is 74.8 Å². The van der Waals surface area contributed by atoms with Crippen molar-refractivity contribution in [3.05, 3.63) is 0 Å². The van der Waals surface area contributed by atoms with E-state index in [0.29, 0.717) is 0 Å². The average Bonchev–Trinajstić information content (AvgIpc) is 2.52. The van der Waals surface area contributed by atoms with E-state index in [4.69, 9.17) is 0 Å². The van der Waals surface area contributed by atoms with Gasteiger partial charge in [-0.25, -0.2) is 13.2 Å². The number of rotatable bonds is 2. The molecule has 8 heteroatoms. The molecule has 0 aliphatic carbocycles. The molecule has 0 N–H and O–H groups in total. The van der Waals surface area contributed by atoms with Crippen molar-refractivity contribution in [2.75, 3.05) is 13.2 Å². The van der Waals surface area contributed by atoms with Gasteiger partial charge in [-0.2, -0.15) is 13.2 Å². The first kappa shape index (κ1) is 11.6. The van der Waals surface area contributed by atoms with Crippen molar-refractivity contribution in [3.63, 3.8) is 0 Å². The van der Waals surface area contributed by atoms with E-state index in [0.717, 1.165) is 0 Å². The molecule has 0 amide bonds. The number of halogens is 6. The molecule has 0 spiro atoms. The molecule has 0 saturated carbocycles. The monoisotopic (exact) mass is 224 g/mol. The predicted molar refractivity (Wildman–Crippen MR) is 31.6 cm³/mol. The van der Waals surface area contributed by atoms with Crippen LogP contribution in [0.5, 0.6) is 0 Å². The van der Waals surface area contributed by atoms with Crippen LogP contribution in [0.3, 0.4) is 0 Å². The topological polar surface area (TPSA) is 18.5 Å². The van der Waals surface area contributed by atoms with Gasteiger partial charge in [0.05, 0.1) is 13.2 Å². The molecular formula is C6H6F6O2. The summed E-state index contributed by atoms with van der Waals surface area (Å²) in [5.74, 6) is 0. The highest BCUT2D eigenvalue weighted by molar-refractivity contribution is 4.94. The molecule has 0 bridgehead atoms. The van der Waals surface area contributed by atoms with Crippen molar-refractivity contribution in [3.8, 4) is 0 Å². The summed E-state index contributed by atoms with van der Waals surface area (Å²) in [5.41, 5.74) is -4.76. The summed E-state index contributed by atoms with van der Waals surface area (Å²) in [4.78, 5) is 0. The summed E-state index contributed by atoms with van der Waals surface area (Å²) in [5, 5.41) is 0. The van der Waals surface area contributed by atoms with E-state index in [2.05, 4.69) is 9.47 Å². The summed E-state index contributed by atoms with van der Waals surface area (Å²) in [6.45, 7) is -0.668. The van der Waals surface area contributed by atoms with Crippen LogP contribution in [0.4, 0.5) is 26.3 Å². The average molecular weight is 224 g/mol. The zero-order valence-corrected chi connectivity index (χ0v) is 6.65. The molecule has 1 unspecified atom stereocenters. The van der Waals surface area contributed by atoms with Gasteiger partial charge in [-0.3, -0.25) is 0 Å². The molecule has 0 radical (unpaired) electrons. The molecule has 2 nitrogen and oxygen atoms in total. The Balaban J connectivity index is 2.91. The van der Waals surface area contributed by atoms with Gasteiger partial charge in [0.1, 0.15) is 0 Å². The summed E-state index contributed by atoms with van der Waals surface area (Å²) in [7, 11) is 0. The molecule has 0 aromatic carbocycles. The van der Waals surface area contributed by atoms with Gasteiger partial charge in [-0.1, -0.05) is 0 Å². The Morgan fingerprint density at radius 1 is 1.00 bits per heavy atom. The maximum absolute atomic E-state index is 13.0. The van der Waals surface area contributed by atoms with Crippen molar-refractivity contribution in [1.82, 2.24) is 0 Å². The normalized spacial score (nSPS) is 24.2. The highest BCUT2D eigenvalue weighted by atomic mass is 19.4. The summed E-state index contributed by atoms with van der Waals surface area (Å²) in [6.07, 6.45) is -12.6. The fourth-order valence-corrected chi connectivity index (χ4v) is 0.961. The zero-order chi connectivity index (χ0) is 11.0. The summed E-state index contributed by atoms with van der Waals surface area (Å²) < 4.78 is 81.1. The third kappa shape index (κ3) is 1.68. The van der Waals surface area contributed by atoms with E-state index in [1.165, 1.54) is 0 Å². The Bertz CT molecular complexity index is 199. The molecular weight excluding hydrogens is 218 g/mol. The van der Waals surface area contributed by atoms with Gasteiger partial charge in [-0.15, -0.1) is 0 Å². The molecule has 1 aliphatic rings. The highest BCUT2D eigenvalue weighted by Crippen LogP contribution is 2.43. The molecule has 84 valence electrons. The van der Waals surface area contributed by atoms with Gasteiger partial charge < -0.3 is 9.47 Å². The number of alkyl halides is 6. The van der Waals surface area contributed by atoms with E-state index < -0.39 is 24.6 Å². The van der Waals surface area contributed by atoms with Crippen LogP contribution in [-0.2, 0) is 9.47 Å². The van der Waals surface area contributed by atoms with Crippen LogP contribution in [-0.4, -0.2) is 37.8 Å². The van der Waals surface area contributed by atoms with Crippen LogP contribution in [0.25, 0.3) is 0 Å². The third-order valence-corrected chi connectivity index (χ3v) is 1.72. The lowest BCUT2D eigenvalue weighted by molar-refractivity contribution is -0.328. The second-order valence-electron chi connectivity index (χ2n) is 2.64. The van der Waals surface area contributed by atoms with Crippen molar-refractivity contribution < 1.29 is 35.8 Å². The van der Waals surface area contributed by atoms with E-state index >= 15 is 0 Å². The third-order valence-electron chi connectivity index (χ3n) is 1.72. The highest BCUT2D eigenvalue weighted by Gasteiger charge is 2.69. The van der Waals surface area contributed by atoms with Gasteiger partial charge in [0.15, 0.2) is 0 Å². The van der Waals surface area contributed by atoms with Crippen molar-refractivity contribution in [1.29, 1.82) is 0 Å². The van der Waals surface area contributed by atoms with Crippen LogP contribution < -0.4 is 0 Å². The number of ether oxygens (including phenoxy) is 2. The number of hydrogen-bond acceptors (Lipinski definition) is 2. The lowest BCUT2D eigenvalue weighted by atomic mass is 10.1. The van der Waals surface area contributed by atoms with Crippen LogP contribution in [0.15, 0.2) is 0 Å². The van der Waals surface area contributed by atoms with Gasteiger partial charge in [-0.05, 0) is 0 Å². The molecule has 1 saturated heterocycles. The van der Waals surface area contributed by atoms with Gasteiger partial charge in [0, 0.05) is 0 Å². The fraction of sp³-hybridized carbons (Fsp3) is 1.00. The maximum Gasteiger partial charge on any atom is 0.433 e. The SMILES string of the molecule is FC(F)C(F)(C1OCCO1)C(F)(F)F. The Hall–Kier alpha value is -0.500. The zero-order valence-electron chi connectivity index (χ0n) is 6.65. The lowest BCUT2D eigenvalue weighted by Gasteiger charge is -2.30. The van der Waals surface area contributed by atoms with Crippen LogP contribution >= 0.6 is 0 Å². The van der Waals surface area contributed by atoms with E-state index in [1.807, 2.05) is 0 Å². The quantitative estimate of drug-likeness (QED) is 0.667. The number of hydrogen-bond donors (Lipinski definition) is 0.